The largest absolute Gasteiger partial charge is 0.280 e. The zero-order valence-corrected chi connectivity index (χ0v) is 16.3. The van der Waals surface area contributed by atoms with E-state index in [1.54, 1.807) is 9.36 Å². The molecule has 1 atom stereocenters. The van der Waals surface area contributed by atoms with Crippen LogP contribution in [0.1, 0.15) is 24.5 Å². The van der Waals surface area contributed by atoms with Crippen LogP contribution in [-0.2, 0) is 16.5 Å². The molecule has 0 radical (unpaired) electrons. The van der Waals surface area contributed by atoms with Gasteiger partial charge in [0.05, 0.1) is 23.9 Å². The van der Waals surface area contributed by atoms with Crippen molar-refractivity contribution in [3.63, 3.8) is 0 Å². The fourth-order valence-corrected chi connectivity index (χ4v) is 5.30. The Morgan fingerprint density at radius 2 is 1.92 bits per heavy atom. The van der Waals surface area contributed by atoms with E-state index >= 15 is 0 Å². The van der Waals surface area contributed by atoms with E-state index in [1.807, 2.05) is 32.9 Å². The zero-order valence-electron chi connectivity index (χ0n) is 14.7. The molecule has 25 heavy (non-hydrogen) atoms. The van der Waals surface area contributed by atoms with Crippen LogP contribution in [0.2, 0.25) is 0 Å². The van der Waals surface area contributed by atoms with Gasteiger partial charge in [-0.1, -0.05) is 13.0 Å². The van der Waals surface area contributed by atoms with Crippen molar-refractivity contribution >= 4 is 22.1 Å². The summed E-state index contributed by atoms with van der Waals surface area (Å²) in [6.45, 7) is 7.26. The first-order chi connectivity index (χ1) is 11.8. The third-order valence-corrected chi connectivity index (χ3v) is 6.67. The maximum Gasteiger partial charge on any atom is 0.221 e. The third-order valence-electron chi connectivity index (χ3n) is 4.54. The van der Waals surface area contributed by atoms with Gasteiger partial charge in [0.15, 0.2) is 9.84 Å². The minimum atomic E-state index is -2.92. The topological polar surface area (TPSA) is 73.0 Å². The van der Waals surface area contributed by atoms with Gasteiger partial charge in [-0.15, -0.1) is 0 Å². The Bertz CT molecular complexity index is 912. The minimum absolute atomic E-state index is 0.0169. The molecule has 0 spiro atoms. The molecule has 136 valence electrons. The first-order valence-corrected chi connectivity index (χ1v) is 10.6. The van der Waals surface area contributed by atoms with Gasteiger partial charge >= 0.3 is 0 Å². The normalized spacial score (nSPS) is 19.6. The summed E-state index contributed by atoms with van der Waals surface area (Å²) in [5.74, 6) is 0.466. The summed E-state index contributed by atoms with van der Waals surface area (Å²) >= 11 is 5.54. The highest BCUT2D eigenvalue weighted by molar-refractivity contribution is 7.91. The summed E-state index contributed by atoms with van der Waals surface area (Å²) in [4.78, 5) is 2.10. The van der Waals surface area contributed by atoms with Crippen LogP contribution in [0.3, 0.4) is 0 Å². The van der Waals surface area contributed by atoms with Crippen LogP contribution in [0, 0.1) is 18.6 Å². The Morgan fingerprint density at radius 3 is 2.48 bits per heavy atom. The lowest BCUT2D eigenvalue weighted by Gasteiger charge is -2.25. The average molecular weight is 382 g/mol. The molecular formula is C16H23N5O2S2. The number of tetrazole rings is 1. The van der Waals surface area contributed by atoms with Crippen molar-refractivity contribution in [2.75, 3.05) is 18.1 Å². The maximum atomic E-state index is 11.7. The quantitative estimate of drug-likeness (QED) is 0.737. The molecule has 2 aromatic rings. The molecule has 0 amide bonds. The molecule has 2 heterocycles. The summed E-state index contributed by atoms with van der Waals surface area (Å²) in [7, 11) is -2.92. The molecule has 0 bridgehead atoms. The predicted octanol–water partition coefficient (Wildman–Crippen LogP) is 1.88. The van der Waals surface area contributed by atoms with E-state index in [1.165, 1.54) is 0 Å². The van der Waals surface area contributed by atoms with Crippen LogP contribution in [0.4, 0.5) is 0 Å². The number of hydrogen-bond donors (Lipinski definition) is 0. The molecule has 1 aliphatic heterocycles. The molecule has 3 rings (SSSR count). The van der Waals surface area contributed by atoms with Crippen molar-refractivity contribution in [3.8, 4) is 5.69 Å². The zero-order chi connectivity index (χ0) is 18.2. The number of aromatic nitrogens is 4. The Hall–Kier alpha value is -1.58. The highest BCUT2D eigenvalue weighted by Crippen LogP contribution is 2.18. The monoisotopic (exact) mass is 381 g/mol. The highest BCUT2D eigenvalue weighted by atomic mass is 32.2. The van der Waals surface area contributed by atoms with Gasteiger partial charge in [0.25, 0.3) is 0 Å². The number of hydrogen-bond acceptors (Lipinski definition) is 6. The van der Waals surface area contributed by atoms with Crippen LogP contribution in [0.25, 0.3) is 5.69 Å². The predicted molar refractivity (Wildman–Crippen MR) is 99.1 cm³/mol. The second kappa shape index (κ2) is 6.97. The molecule has 1 fully saturated rings. The van der Waals surface area contributed by atoms with E-state index in [4.69, 9.17) is 12.2 Å². The summed E-state index contributed by atoms with van der Waals surface area (Å²) < 4.78 is 27.3. The molecule has 0 unspecified atom stereocenters. The molecule has 1 aromatic heterocycles. The maximum absolute atomic E-state index is 11.7. The standard InChI is InChI=1S/C16H23N5O2S2/c1-4-19(14-5-6-25(22,23)10-14)11-20-16(24)21(18-17-20)15-8-12(2)7-13(3)9-15/h7-9,14H,4-6,10-11H2,1-3H3/t14-/m1/s1. The SMILES string of the molecule is CCN(Cn1nnn(-c2cc(C)cc(C)c2)c1=S)[C@@H]1CCS(=O)(=O)C1. The molecule has 1 saturated heterocycles. The van der Waals surface area contributed by atoms with Gasteiger partial charge < -0.3 is 0 Å². The summed E-state index contributed by atoms with van der Waals surface area (Å²) in [5, 5.41) is 8.37. The fraction of sp³-hybridized carbons (Fsp3) is 0.562. The summed E-state index contributed by atoms with van der Waals surface area (Å²) in [6, 6.07) is 6.14. The van der Waals surface area contributed by atoms with Gasteiger partial charge in [0.2, 0.25) is 4.77 Å². The Labute approximate surface area is 153 Å². The Balaban J connectivity index is 1.84. The van der Waals surface area contributed by atoms with Gasteiger partial charge in [-0.3, -0.25) is 4.90 Å². The van der Waals surface area contributed by atoms with Crippen LogP contribution in [-0.4, -0.2) is 57.2 Å². The van der Waals surface area contributed by atoms with Crippen LogP contribution in [0.5, 0.6) is 0 Å². The van der Waals surface area contributed by atoms with Crippen molar-refractivity contribution in [3.05, 3.63) is 34.1 Å². The molecule has 7 nitrogen and oxygen atoms in total. The highest BCUT2D eigenvalue weighted by Gasteiger charge is 2.32. The van der Waals surface area contributed by atoms with Crippen molar-refractivity contribution < 1.29 is 8.42 Å². The summed E-state index contributed by atoms with van der Waals surface area (Å²) in [5.41, 5.74) is 3.16. The van der Waals surface area contributed by atoms with E-state index < -0.39 is 9.84 Å². The van der Waals surface area contributed by atoms with E-state index in [0.717, 1.165) is 23.4 Å². The molecular weight excluding hydrogens is 358 g/mol. The van der Waals surface area contributed by atoms with Crippen molar-refractivity contribution in [2.24, 2.45) is 0 Å². The summed E-state index contributed by atoms with van der Waals surface area (Å²) in [6.07, 6.45) is 0.661. The lowest BCUT2D eigenvalue weighted by atomic mass is 10.1. The smallest absolute Gasteiger partial charge is 0.221 e. The first kappa shape index (κ1) is 18.2. The van der Waals surface area contributed by atoms with E-state index in [-0.39, 0.29) is 17.5 Å². The van der Waals surface area contributed by atoms with Gasteiger partial charge in [-0.05, 0) is 72.7 Å². The van der Waals surface area contributed by atoms with E-state index in [2.05, 4.69) is 21.4 Å². The van der Waals surface area contributed by atoms with Gasteiger partial charge in [-0.25, -0.2) is 13.1 Å². The van der Waals surface area contributed by atoms with Gasteiger partial charge in [0.1, 0.15) is 0 Å². The van der Waals surface area contributed by atoms with Crippen molar-refractivity contribution in [2.45, 2.75) is 39.9 Å². The second-order valence-electron chi connectivity index (χ2n) is 6.62. The van der Waals surface area contributed by atoms with Gasteiger partial charge in [-0.2, -0.15) is 4.68 Å². The number of nitrogens with zero attached hydrogens (tertiary/aromatic N) is 5. The fourth-order valence-electron chi connectivity index (χ4n) is 3.31. The van der Waals surface area contributed by atoms with Crippen molar-refractivity contribution in [1.29, 1.82) is 0 Å². The van der Waals surface area contributed by atoms with Crippen molar-refractivity contribution in [1.82, 2.24) is 24.7 Å². The molecule has 0 aliphatic carbocycles. The minimum Gasteiger partial charge on any atom is -0.280 e. The Morgan fingerprint density at radius 1 is 1.24 bits per heavy atom. The van der Waals surface area contributed by atoms with Crippen LogP contribution < -0.4 is 0 Å². The number of aryl methyl sites for hydroxylation is 2. The molecule has 0 saturated carbocycles. The molecule has 9 heteroatoms. The number of rotatable bonds is 5. The number of benzene rings is 1. The second-order valence-corrected chi connectivity index (χ2v) is 9.22. The first-order valence-electron chi connectivity index (χ1n) is 8.35. The van der Waals surface area contributed by atoms with E-state index in [0.29, 0.717) is 17.9 Å². The third kappa shape index (κ3) is 3.99. The van der Waals surface area contributed by atoms with Crippen LogP contribution in [0.15, 0.2) is 18.2 Å². The lowest BCUT2D eigenvalue weighted by Crippen LogP contribution is -2.37. The molecule has 1 aromatic carbocycles. The number of sulfone groups is 1. The molecule has 0 N–H and O–H groups in total. The lowest BCUT2D eigenvalue weighted by molar-refractivity contribution is 0.162. The Kier molecular flexibility index (Phi) is 5.08. The van der Waals surface area contributed by atoms with Crippen LogP contribution >= 0.6 is 12.2 Å². The van der Waals surface area contributed by atoms with E-state index in [9.17, 15) is 8.42 Å². The molecule has 1 aliphatic rings. The average Bonchev–Trinajstić information content (AvgIpc) is 3.06. The van der Waals surface area contributed by atoms with Gasteiger partial charge in [0, 0.05) is 6.04 Å².